The van der Waals surface area contributed by atoms with Gasteiger partial charge in [-0.25, -0.2) is 9.78 Å². The second kappa shape index (κ2) is 11.7. The van der Waals surface area contributed by atoms with Gasteiger partial charge in [0.05, 0.1) is 23.6 Å². The number of aryl methyl sites for hydroxylation is 1. The number of hydrogen-bond donors (Lipinski definition) is 2. The average Bonchev–Trinajstić information content (AvgIpc) is 3.75. The lowest BCUT2D eigenvalue weighted by Crippen LogP contribution is -2.53. The number of nitrogens with one attached hydrogen (secondary N) is 1. The van der Waals surface area contributed by atoms with Gasteiger partial charge in [-0.05, 0) is 92.8 Å². The van der Waals surface area contributed by atoms with Gasteiger partial charge in [0.2, 0.25) is 0 Å². The number of alkyl halides is 3. The molecule has 1 aromatic carbocycles. The van der Waals surface area contributed by atoms with E-state index in [4.69, 9.17) is 9.72 Å². The Morgan fingerprint density at radius 3 is 2.46 bits per heavy atom. The first-order chi connectivity index (χ1) is 22.8. The number of halogens is 3. The van der Waals surface area contributed by atoms with Gasteiger partial charge in [-0.3, -0.25) is 14.6 Å². The van der Waals surface area contributed by atoms with Crippen molar-refractivity contribution in [1.29, 1.82) is 0 Å². The van der Waals surface area contributed by atoms with Crippen LogP contribution in [-0.2, 0) is 36.5 Å². The molecular formula is C34H40F3N7O4. The van der Waals surface area contributed by atoms with Gasteiger partial charge in [0.25, 0.3) is 5.91 Å². The molecule has 2 N–H and O–H groups in total. The number of ether oxygens (including phenoxy) is 1. The molecule has 3 heterocycles. The van der Waals surface area contributed by atoms with Crippen molar-refractivity contribution in [2.75, 3.05) is 17.3 Å². The highest BCUT2D eigenvalue weighted by molar-refractivity contribution is 6.10. The molecule has 11 nitrogen and oxygen atoms in total. The van der Waals surface area contributed by atoms with Gasteiger partial charge in [-0.2, -0.15) is 13.2 Å². The van der Waals surface area contributed by atoms with Crippen LogP contribution in [0.4, 0.5) is 29.6 Å². The van der Waals surface area contributed by atoms with Crippen molar-refractivity contribution in [2.45, 2.75) is 107 Å². The Hall–Kier alpha value is -4.20. The predicted molar refractivity (Wildman–Crippen MR) is 170 cm³/mol. The van der Waals surface area contributed by atoms with Crippen LogP contribution < -0.4 is 10.2 Å². The van der Waals surface area contributed by atoms with E-state index in [0.717, 1.165) is 49.6 Å². The quantitative estimate of drug-likeness (QED) is 0.274. The van der Waals surface area contributed by atoms with E-state index in [0.29, 0.717) is 31.5 Å². The van der Waals surface area contributed by atoms with Crippen molar-refractivity contribution in [2.24, 2.45) is 7.05 Å². The Morgan fingerprint density at radius 2 is 1.88 bits per heavy atom. The molecule has 48 heavy (non-hydrogen) atoms. The lowest BCUT2D eigenvalue weighted by molar-refractivity contribution is -0.138. The van der Waals surface area contributed by atoms with E-state index < -0.39 is 34.7 Å². The van der Waals surface area contributed by atoms with E-state index in [1.807, 2.05) is 17.7 Å². The van der Waals surface area contributed by atoms with E-state index >= 15 is 0 Å². The van der Waals surface area contributed by atoms with Crippen LogP contribution in [0.3, 0.4) is 0 Å². The molecule has 0 bridgehead atoms. The summed E-state index contributed by atoms with van der Waals surface area (Å²) < 4.78 is 51.3. The van der Waals surface area contributed by atoms with Crippen molar-refractivity contribution in [3.05, 3.63) is 64.2 Å². The van der Waals surface area contributed by atoms with Crippen molar-refractivity contribution < 1.29 is 32.6 Å². The molecule has 0 saturated heterocycles. The molecule has 1 aliphatic heterocycles. The van der Waals surface area contributed by atoms with Gasteiger partial charge in [-0.1, -0.05) is 12.8 Å². The number of fused-ring (bicyclic) bond motifs is 1. The van der Waals surface area contributed by atoms with Crippen LogP contribution >= 0.6 is 0 Å². The Bertz CT molecular complexity index is 1740. The molecule has 4 aliphatic rings. The molecule has 7 rings (SSSR count). The zero-order chi connectivity index (χ0) is 34.0. The minimum absolute atomic E-state index is 0.0254. The van der Waals surface area contributed by atoms with Crippen LogP contribution in [0, 0.1) is 0 Å². The smallest absolute Gasteiger partial charge is 0.416 e. The average molecular weight is 668 g/mol. The van der Waals surface area contributed by atoms with Crippen LogP contribution in [0.15, 0.2) is 30.6 Å². The van der Waals surface area contributed by atoms with E-state index in [9.17, 15) is 27.9 Å². The summed E-state index contributed by atoms with van der Waals surface area (Å²) >= 11 is 0. The summed E-state index contributed by atoms with van der Waals surface area (Å²) in [6, 6.07) is 6.34. The number of benzene rings is 1. The van der Waals surface area contributed by atoms with Gasteiger partial charge in [0, 0.05) is 37.8 Å². The SMILES string of the molecule is COC1CC(c2cc(NC3CCCC3)nc(N3Cc4c(cc(CN(C(=O)O)C5(C)CCC5)cc4C(F)(F)F)C3=O)c2)(c2nncn2C)C1. The molecule has 3 aromatic rings. The molecular weight excluding hydrogens is 627 g/mol. The van der Waals surface area contributed by atoms with E-state index in [-0.39, 0.29) is 47.7 Å². The summed E-state index contributed by atoms with van der Waals surface area (Å²) in [5.41, 5.74) is -1.48. The van der Waals surface area contributed by atoms with Crippen molar-refractivity contribution in [3.63, 3.8) is 0 Å². The minimum atomic E-state index is -4.76. The molecule has 3 saturated carbocycles. The van der Waals surface area contributed by atoms with Crippen molar-refractivity contribution >= 4 is 23.6 Å². The Labute approximate surface area is 276 Å². The lowest BCUT2D eigenvalue weighted by Gasteiger charge is -2.46. The van der Waals surface area contributed by atoms with Gasteiger partial charge in [0.15, 0.2) is 0 Å². The van der Waals surface area contributed by atoms with Crippen LogP contribution in [0.25, 0.3) is 0 Å². The number of carboxylic acid groups (broad SMARTS) is 1. The number of carbonyl (C=O) groups is 2. The Balaban J connectivity index is 1.30. The van der Waals surface area contributed by atoms with E-state index in [1.54, 1.807) is 26.4 Å². The molecule has 0 unspecified atom stereocenters. The first-order valence-corrected chi connectivity index (χ1v) is 16.5. The zero-order valence-electron chi connectivity index (χ0n) is 27.3. The third-order valence-electron chi connectivity index (χ3n) is 11.0. The highest BCUT2D eigenvalue weighted by Crippen LogP contribution is 2.51. The number of anilines is 2. The van der Waals surface area contributed by atoms with Crippen molar-refractivity contribution in [3.8, 4) is 0 Å². The lowest BCUT2D eigenvalue weighted by atomic mass is 9.62. The second-order valence-corrected chi connectivity index (χ2v) is 14.1. The summed E-state index contributed by atoms with van der Waals surface area (Å²) in [4.78, 5) is 33.6. The monoisotopic (exact) mass is 667 g/mol. The predicted octanol–water partition coefficient (Wildman–Crippen LogP) is 6.26. The van der Waals surface area contributed by atoms with Gasteiger partial charge in [0.1, 0.15) is 23.8 Å². The molecule has 0 atom stereocenters. The molecule has 256 valence electrons. The second-order valence-electron chi connectivity index (χ2n) is 14.1. The van der Waals surface area contributed by atoms with Crippen LogP contribution in [-0.4, -0.2) is 66.5 Å². The van der Waals surface area contributed by atoms with Crippen LogP contribution in [0.5, 0.6) is 0 Å². The van der Waals surface area contributed by atoms with Crippen LogP contribution in [0.1, 0.15) is 103 Å². The summed E-state index contributed by atoms with van der Waals surface area (Å²) in [7, 11) is 3.52. The summed E-state index contributed by atoms with van der Waals surface area (Å²) in [6.45, 7) is 1.23. The summed E-state index contributed by atoms with van der Waals surface area (Å²) in [5, 5.41) is 22.0. The maximum Gasteiger partial charge on any atom is 0.416 e. The molecule has 2 aromatic heterocycles. The fraction of sp³-hybridized carbons (Fsp3) is 0.559. The minimum Gasteiger partial charge on any atom is -0.465 e. The number of carbonyl (C=O) groups excluding carboxylic acids is 1. The number of hydrogen-bond acceptors (Lipinski definition) is 7. The first kappa shape index (κ1) is 32.4. The number of amides is 2. The van der Waals surface area contributed by atoms with Gasteiger partial charge in [-0.15, -0.1) is 10.2 Å². The highest BCUT2D eigenvalue weighted by atomic mass is 19.4. The van der Waals surface area contributed by atoms with Gasteiger partial charge < -0.3 is 19.7 Å². The van der Waals surface area contributed by atoms with Crippen molar-refractivity contribution in [1.82, 2.24) is 24.6 Å². The van der Waals surface area contributed by atoms with Crippen LogP contribution in [0.2, 0.25) is 0 Å². The highest BCUT2D eigenvalue weighted by Gasteiger charge is 2.51. The number of aromatic nitrogens is 4. The van der Waals surface area contributed by atoms with E-state index in [2.05, 4.69) is 15.5 Å². The number of rotatable bonds is 9. The normalized spacial score (nSPS) is 23.5. The number of methoxy groups -OCH3 is 1. The Kier molecular flexibility index (Phi) is 7.92. The molecule has 3 fully saturated rings. The standard InChI is InChI=1S/C34H40F3N7O4/c1-32(9-6-10-32)44(31(46)47)17-20-11-24-25(26(12-20)34(35,36)37)18-43(29(24)45)28-14-21(13-27(40-28)39-22-7-4-5-8-22)33(15-23(16-33)48-3)30-41-38-19-42(30)2/h11-14,19,22-23H,4-10,15-18H2,1-3H3,(H,39,40)(H,46,47). The summed E-state index contributed by atoms with van der Waals surface area (Å²) in [6.07, 6.45) is 3.08. The molecule has 2 amide bonds. The third kappa shape index (κ3) is 5.47. The third-order valence-corrected chi connectivity index (χ3v) is 11.0. The number of nitrogens with zero attached hydrogens (tertiary/aromatic N) is 6. The fourth-order valence-corrected chi connectivity index (χ4v) is 8.06. The molecule has 3 aliphatic carbocycles. The first-order valence-electron chi connectivity index (χ1n) is 16.5. The summed E-state index contributed by atoms with van der Waals surface area (Å²) in [5.74, 6) is 0.896. The maximum absolute atomic E-state index is 14.6. The Morgan fingerprint density at radius 1 is 1.15 bits per heavy atom. The maximum atomic E-state index is 14.6. The largest absolute Gasteiger partial charge is 0.465 e. The fourth-order valence-electron chi connectivity index (χ4n) is 8.06. The number of pyridine rings is 1. The van der Waals surface area contributed by atoms with E-state index in [1.165, 1.54) is 15.9 Å². The topological polar surface area (TPSA) is 126 Å². The molecule has 14 heteroatoms. The zero-order valence-corrected chi connectivity index (χ0v) is 27.3. The molecule has 0 radical (unpaired) electrons. The van der Waals surface area contributed by atoms with Gasteiger partial charge >= 0.3 is 12.3 Å². The molecule has 0 spiro atoms.